The molecule has 0 unspecified atom stereocenters. The van der Waals surface area contributed by atoms with Crippen LogP contribution < -0.4 is 0 Å². The van der Waals surface area contributed by atoms with Gasteiger partial charge in [0.15, 0.2) is 0 Å². The summed E-state index contributed by atoms with van der Waals surface area (Å²) >= 11 is 5.80. The standard InChI is InChI=1S/C13H15ClN2.ClH/c1-16-12(9-14)10-15-13(16)8-7-11-5-3-2-4-6-11;/h2-6,10H,7-9H2,1H3;1H. The van der Waals surface area contributed by atoms with E-state index >= 15 is 0 Å². The van der Waals surface area contributed by atoms with Gasteiger partial charge in [-0.2, -0.15) is 0 Å². The molecule has 92 valence electrons. The molecule has 2 rings (SSSR count). The zero-order chi connectivity index (χ0) is 11.4. The lowest BCUT2D eigenvalue weighted by Crippen LogP contribution is -2.02. The van der Waals surface area contributed by atoms with E-state index in [9.17, 15) is 0 Å². The zero-order valence-electron chi connectivity index (χ0n) is 9.77. The molecular formula is C13H16Cl2N2. The number of halogens is 2. The number of imidazole rings is 1. The Morgan fingerprint density at radius 1 is 1.18 bits per heavy atom. The number of alkyl halides is 1. The molecule has 0 saturated carbocycles. The Kier molecular flexibility index (Phi) is 5.52. The van der Waals surface area contributed by atoms with Crippen molar-refractivity contribution in [3.63, 3.8) is 0 Å². The molecular weight excluding hydrogens is 255 g/mol. The van der Waals surface area contributed by atoms with Crippen molar-refractivity contribution in [2.75, 3.05) is 0 Å². The first-order chi connectivity index (χ1) is 7.81. The number of nitrogens with zero attached hydrogens (tertiary/aromatic N) is 2. The lowest BCUT2D eigenvalue weighted by Gasteiger charge is -2.04. The van der Waals surface area contributed by atoms with Gasteiger partial charge in [0.25, 0.3) is 0 Å². The first-order valence-electron chi connectivity index (χ1n) is 5.40. The van der Waals surface area contributed by atoms with Crippen LogP contribution in [0.5, 0.6) is 0 Å². The van der Waals surface area contributed by atoms with Gasteiger partial charge in [-0.05, 0) is 12.0 Å². The summed E-state index contributed by atoms with van der Waals surface area (Å²) in [6.45, 7) is 0. The molecule has 2 nitrogen and oxygen atoms in total. The predicted octanol–water partition coefficient (Wildman–Crippen LogP) is 3.37. The van der Waals surface area contributed by atoms with E-state index in [1.165, 1.54) is 5.56 Å². The molecule has 0 spiro atoms. The highest BCUT2D eigenvalue weighted by Crippen LogP contribution is 2.09. The maximum Gasteiger partial charge on any atom is 0.108 e. The van der Waals surface area contributed by atoms with Crippen LogP contribution in [0.3, 0.4) is 0 Å². The van der Waals surface area contributed by atoms with Gasteiger partial charge in [-0.15, -0.1) is 24.0 Å². The molecule has 0 aliphatic heterocycles. The van der Waals surface area contributed by atoms with Gasteiger partial charge in [-0.25, -0.2) is 4.98 Å². The maximum absolute atomic E-state index is 5.80. The summed E-state index contributed by atoms with van der Waals surface area (Å²) in [5.41, 5.74) is 2.42. The molecule has 4 heteroatoms. The van der Waals surface area contributed by atoms with Gasteiger partial charge < -0.3 is 4.57 Å². The first kappa shape index (κ1) is 14.1. The molecule has 2 aromatic rings. The summed E-state index contributed by atoms with van der Waals surface area (Å²) in [6, 6.07) is 10.5. The number of hydrogen-bond donors (Lipinski definition) is 0. The van der Waals surface area contributed by atoms with Crippen LogP contribution in [-0.2, 0) is 25.8 Å². The minimum atomic E-state index is 0. The van der Waals surface area contributed by atoms with Crippen LogP contribution in [0, 0.1) is 0 Å². The van der Waals surface area contributed by atoms with Crippen LogP contribution in [0.25, 0.3) is 0 Å². The third kappa shape index (κ3) is 3.48. The molecule has 1 heterocycles. The number of hydrogen-bond acceptors (Lipinski definition) is 1. The van der Waals surface area contributed by atoms with Crippen LogP contribution in [0.1, 0.15) is 17.1 Å². The average molecular weight is 271 g/mol. The fraction of sp³-hybridized carbons (Fsp3) is 0.308. The summed E-state index contributed by atoms with van der Waals surface area (Å²) in [7, 11) is 2.02. The molecule has 0 aliphatic rings. The summed E-state index contributed by atoms with van der Waals surface area (Å²) in [5.74, 6) is 1.62. The minimum absolute atomic E-state index is 0. The SMILES string of the molecule is Cl.Cn1c(CCl)cnc1CCc1ccccc1. The monoisotopic (exact) mass is 270 g/mol. The van der Waals surface area contributed by atoms with E-state index in [0.717, 1.165) is 24.4 Å². The normalized spacial score (nSPS) is 10.0. The van der Waals surface area contributed by atoms with Gasteiger partial charge in [0.05, 0.1) is 11.6 Å². The molecule has 0 fully saturated rings. The van der Waals surface area contributed by atoms with Gasteiger partial charge in [0, 0.05) is 19.7 Å². The number of rotatable bonds is 4. The molecule has 0 bridgehead atoms. The first-order valence-corrected chi connectivity index (χ1v) is 5.94. The molecule has 0 saturated heterocycles. The Morgan fingerprint density at radius 2 is 1.88 bits per heavy atom. The highest BCUT2D eigenvalue weighted by atomic mass is 35.5. The molecule has 17 heavy (non-hydrogen) atoms. The van der Waals surface area contributed by atoms with E-state index < -0.39 is 0 Å². The molecule has 0 amide bonds. The molecule has 1 aromatic heterocycles. The lowest BCUT2D eigenvalue weighted by atomic mass is 10.1. The third-order valence-electron chi connectivity index (χ3n) is 2.80. The quantitative estimate of drug-likeness (QED) is 0.780. The topological polar surface area (TPSA) is 17.8 Å². The number of benzene rings is 1. The third-order valence-corrected chi connectivity index (χ3v) is 3.07. The number of aryl methyl sites for hydroxylation is 2. The Bertz CT molecular complexity index is 452. The predicted molar refractivity (Wildman–Crippen MR) is 73.9 cm³/mol. The average Bonchev–Trinajstić information content (AvgIpc) is 2.69. The molecule has 0 radical (unpaired) electrons. The fourth-order valence-electron chi connectivity index (χ4n) is 1.75. The summed E-state index contributed by atoms with van der Waals surface area (Å²) in [6.07, 6.45) is 3.83. The van der Waals surface area contributed by atoms with Gasteiger partial charge >= 0.3 is 0 Å². The van der Waals surface area contributed by atoms with E-state index in [1.54, 1.807) is 0 Å². The van der Waals surface area contributed by atoms with Crippen LogP contribution >= 0.6 is 24.0 Å². The minimum Gasteiger partial charge on any atom is -0.334 e. The van der Waals surface area contributed by atoms with E-state index in [0.29, 0.717) is 5.88 Å². The van der Waals surface area contributed by atoms with Crippen LogP contribution in [0.2, 0.25) is 0 Å². The second-order valence-electron chi connectivity index (χ2n) is 3.84. The molecule has 0 N–H and O–H groups in total. The van der Waals surface area contributed by atoms with Crippen molar-refractivity contribution in [1.29, 1.82) is 0 Å². The Hall–Kier alpha value is -0.990. The van der Waals surface area contributed by atoms with Crippen molar-refractivity contribution in [3.05, 3.63) is 53.6 Å². The largest absolute Gasteiger partial charge is 0.334 e. The highest BCUT2D eigenvalue weighted by molar-refractivity contribution is 6.16. The van der Waals surface area contributed by atoms with E-state index in [-0.39, 0.29) is 12.4 Å². The Balaban J connectivity index is 0.00000144. The second kappa shape index (κ2) is 6.67. The highest BCUT2D eigenvalue weighted by Gasteiger charge is 2.05. The number of aromatic nitrogens is 2. The lowest BCUT2D eigenvalue weighted by molar-refractivity contribution is 0.752. The van der Waals surface area contributed by atoms with Crippen molar-refractivity contribution >= 4 is 24.0 Å². The van der Waals surface area contributed by atoms with Gasteiger partial charge in [0.2, 0.25) is 0 Å². The Labute approximate surface area is 113 Å². The van der Waals surface area contributed by atoms with Crippen molar-refractivity contribution in [3.8, 4) is 0 Å². The summed E-state index contributed by atoms with van der Waals surface area (Å²) < 4.78 is 2.08. The van der Waals surface area contributed by atoms with E-state index in [2.05, 4.69) is 33.8 Å². The maximum atomic E-state index is 5.80. The van der Waals surface area contributed by atoms with Crippen molar-refractivity contribution in [2.45, 2.75) is 18.7 Å². The zero-order valence-corrected chi connectivity index (χ0v) is 11.3. The van der Waals surface area contributed by atoms with E-state index in [1.807, 2.05) is 19.3 Å². The molecule has 1 aromatic carbocycles. The van der Waals surface area contributed by atoms with Gasteiger partial charge in [-0.1, -0.05) is 30.3 Å². The van der Waals surface area contributed by atoms with Crippen LogP contribution in [0.4, 0.5) is 0 Å². The summed E-state index contributed by atoms with van der Waals surface area (Å²) in [5, 5.41) is 0. The fourth-order valence-corrected chi connectivity index (χ4v) is 1.99. The molecule has 0 aliphatic carbocycles. The van der Waals surface area contributed by atoms with Gasteiger partial charge in [0.1, 0.15) is 5.82 Å². The Morgan fingerprint density at radius 3 is 2.47 bits per heavy atom. The van der Waals surface area contributed by atoms with Crippen LogP contribution in [0.15, 0.2) is 36.5 Å². The second-order valence-corrected chi connectivity index (χ2v) is 4.11. The van der Waals surface area contributed by atoms with Crippen LogP contribution in [-0.4, -0.2) is 9.55 Å². The van der Waals surface area contributed by atoms with Crippen molar-refractivity contribution in [1.82, 2.24) is 9.55 Å². The molecule has 0 atom stereocenters. The van der Waals surface area contributed by atoms with Crippen molar-refractivity contribution < 1.29 is 0 Å². The van der Waals surface area contributed by atoms with Gasteiger partial charge in [-0.3, -0.25) is 0 Å². The van der Waals surface area contributed by atoms with E-state index in [4.69, 9.17) is 11.6 Å². The van der Waals surface area contributed by atoms with Crippen molar-refractivity contribution in [2.24, 2.45) is 7.05 Å². The smallest absolute Gasteiger partial charge is 0.108 e. The summed E-state index contributed by atoms with van der Waals surface area (Å²) in [4.78, 5) is 4.38.